The van der Waals surface area contributed by atoms with Crippen molar-refractivity contribution in [1.29, 1.82) is 0 Å². The molecule has 1 aromatic rings. The van der Waals surface area contributed by atoms with Crippen LogP contribution in [0.4, 0.5) is 0 Å². The Morgan fingerprint density at radius 3 is 2.21 bits per heavy atom. The van der Waals surface area contributed by atoms with Crippen molar-refractivity contribution in [2.75, 3.05) is 33.3 Å². The first kappa shape index (κ1) is 27.1. The zero-order valence-corrected chi connectivity index (χ0v) is 20.8. The number of likely N-dealkylation sites (tertiary alicyclic amines) is 1. The molecule has 9 nitrogen and oxygen atoms in total. The summed E-state index contributed by atoms with van der Waals surface area (Å²) >= 11 is 0. The van der Waals surface area contributed by atoms with Gasteiger partial charge in [0.15, 0.2) is 0 Å². The minimum absolute atomic E-state index is 0.0658. The van der Waals surface area contributed by atoms with Crippen molar-refractivity contribution in [3.05, 3.63) is 24.3 Å². The van der Waals surface area contributed by atoms with Crippen LogP contribution in [0.2, 0.25) is 0 Å². The van der Waals surface area contributed by atoms with Gasteiger partial charge in [-0.1, -0.05) is 20.8 Å². The lowest BCUT2D eigenvalue weighted by Crippen LogP contribution is -2.50. The number of ether oxygens (including phenoxy) is 1. The van der Waals surface area contributed by atoms with Crippen LogP contribution in [0.1, 0.15) is 46.5 Å². The highest BCUT2D eigenvalue weighted by atomic mass is 32.2. The van der Waals surface area contributed by atoms with E-state index in [0.717, 1.165) is 19.3 Å². The number of amides is 2. The molecule has 0 saturated carbocycles. The fourth-order valence-corrected chi connectivity index (χ4v) is 5.76. The van der Waals surface area contributed by atoms with E-state index in [1.807, 2.05) is 13.8 Å². The Morgan fingerprint density at radius 2 is 1.73 bits per heavy atom. The molecule has 10 heteroatoms. The molecule has 1 aliphatic heterocycles. The van der Waals surface area contributed by atoms with Crippen molar-refractivity contribution < 1.29 is 28.0 Å². The molecule has 1 aromatic carbocycles. The summed E-state index contributed by atoms with van der Waals surface area (Å²) in [6.07, 6.45) is 3.28. The Kier molecular flexibility index (Phi) is 10.1. The summed E-state index contributed by atoms with van der Waals surface area (Å²) in [5.74, 6) is -2.05. The molecule has 2 N–H and O–H groups in total. The number of hydrogen-bond donors (Lipinski definition) is 2. The monoisotopic (exact) mass is 483 g/mol. The van der Waals surface area contributed by atoms with Gasteiger partial charge >= 0.3 is 0 Å². The molecule has 0 bridgehead atoms. The van der Waals surface area contributed by atoms with Crippen LogP contribution in [0.3, 0.4) is 0 Å². The first-order valence-corrected chi connectivity index (χ1v) is 13.0. The van der Waals surface area contributed by atoms with Gasteiger partial charge < -0.3 is 9.64 Å². The molecule has 1 heterocycles. The molecule has 2 atom stereocenters. The number of hydroxylamine groups is 1. The smallest absolute Gasteiger partial charge is 0.248 e. The van der Waals surface area contributed by atoms with Crippen LogP contribution in [-0.4, -0.2) is 67.9 Å². The molecular formula is C23H37N3O6S. The first-order valence-electron chi connectivity index (χ1n) is 11.5. The Balaban J connectivity index is 2.37. The van der Waals surface area contributed by atoms with Crippen molar-refractivity contribution in [2.45, 2.75) is 51.3 Å². The van der Waals surface area contributed by atoms with Gasteiger partial charge in [0, 0.05) is 26.2 Å². The van der Waals surface area contributed by atoms with Crippen LogP contribution < -0.4 is 10.2 Å². The van der Waals surface area contributed by atoms with Gasteiger partial charge in [-0.05, 0) is 55.9 Å². The van der Waals surface area contributed by atoms with Crippen LogP contribution in [0.5, 0.6) is 5.75 Å². The molecule has 186 valence electrons. The summed E-state index contributed by atoms with van der Waals surface area (Å²) in [6.45, 7) is 6.74. The number of piperidine rings is 1. The molecule has 0 unspecified atom stereocenters. The van der Waals surface area contributed by atoms with E-state index in [1.54, 1.807) is 29.4 Å². The number of nitrogens with one attached hydrogen (secondary N) is 1. The highest BCUT2D eigenvalue weighted by Gasteiger charge is 2.39. The standard InChI is InChI=1S/C23H37N3O6S/c1-5-26(33(30,31)19-11-9-18(32-4)10-12-19)16-21(22(27)24-29)20(15-17(2)3)23(28)25-13-7-6-8-14-25/h9-12,17,20-21,29H,5-8,13-16H2,1-4H3,(H,24,27)/t20-,21+/m1/s1. The minimum atomic E-state index is -3.93. The zero-order chi connectivity index (χ0) is 24.6. The molecule has 0 radical (unpaired) electrons. The van der Waals surface area contributed by atoms with Crippen molar-refractivity contribution in [3.63, 3.8) is 0 Å². The van der Waals surface area contributed by atoms with E-state index in [0.29, 0.717) is 25.3 Å². The molecule has 1 fully saturated rings. The summed E-state index contributed by atoms with van der Waals surface area (Å²) in [6, 6.07) is 6.00. The summed E-state index contributed by atoms with van der Waals surface area (Å²) in [7, 11) is -2.44. The topological polar surface area (TPSA) is 116 Å². The van der Waals surface area contributed by atoms with Crippen molar-refractivity contribution >= 4 is 21.8 Å². The van der Waals surface area contributed by atoms with E-state index in [-0.39, 0.29) is 29.8 Å². The predicted molar refractivity (Wildman–Crippen MR) is 124 cm³/mol. The Morgan fingerprint density at radius 1 is 1.12 bits per heavy atom. The second kappa shape index (κ2) is 12.3. The van der Waals surface area contributed by atoms with Crippen molar-refractivity contribution in [3.8, 4) is 5.75 Å². The van der Waals surface area contributed by atoms with Gasteiger partial charge in [-0.25, -0.2) is 13.9 Å². The number of rotatable bonds is 11. The number of nitrogens with zero attached hydrogens (tertiary/aromatic N) is 2. The van der Waals surface area contributed by atoms with Crippen LogP contribution in [0.25, 0.3) is 0 Å². The van der Waals surface area contributed by atoms with E-state index in [2.05, 4.69) is 0 Å². The predicted octanol–water partition coefficient (Wildman–Crippen LogP) is 2.50. The summed E-state index contributed by atoms with van der Waals surface area (Å²) in [4.78, 5) is 28.0. The first-order chi connectivity index (χ1) is 15.6. The maximum absolute atomic E-state index is 13.4. The van der Waals surface area contributed by atoms with E-state index in [4.69, 9.17) is 4.74 Å². The number of carbonyl (C=O) groups excluding carboxylic acids is 2. The molecule has 1 saturated heterocycles. The highest BCUT2D eigenvalue weighted by molar-refractivity contribution is 7.89. The third-order valence-electron chi connectivity index (χ3n) is 6.09. The Labute approximate surface area is 197 Å². The number of benzene rings is 1. The number of methoxy groups -OCH3 is 1. The molecule has 0 aliphatic carbocycles. The minimum Gasteiger partial charge on any atom is -0.497 e. The van der Waals surface area contributed by atoms with Crippen LogP contribution in [-0.2, 0) is 19.6 Å². The second-order valence-electron chi connectivity index (χ2n) is 8.84. The SMILES string of the molecule is CCN(C[C@H](C(=O)NO)[C@@H](CC(C)C)C(=O)N1CCCCC1)S(=O)(=O)c1ccc(OC)cc1. The van der Waals surface area contributed by atoms with Gasteiger partial charge in [-0.15, -0.1) is 0 Å². The average molecular weight is 484 g/mol. The molecule has 1 aliphatic rings. The largest absolute Gasteiger partial charge is 0.497 e. The van der Waals surface area contributed by atoms with Crippen LogP contribution >= 0.6 is 0 Å². The van der Waals surface area contributed by atoms with Gasteiger partial charge in [0.25, 0.3) is 0 Å². The Hall–Kier alpha value is -2.17. The third-order valence-corrected chi connectivity index (χ3v) is 8.05. The molecule has 2 amide bonds. The Bertz CT molecular complexity index is 882. The molecule has 33 heavy (non-hydrogen) atoms. The van der Waals surface area contributed by atoms with Gasteiger partial charge in [-0.3, -0.25) is 14.8 Å². The fraction of sp³-hybridized carbons (Fsp3) is 0.652. The summed E-state index contributed by atoms with van der Waals surface area (Å²) < 4.78 is 32.9. The van der Waals surface area contributed by atoms with Crippen molar-refractivity contribution in [1.82, 2.24) is 14.7 Å². The van der Waals surface area contributed by atoms with E-state index >= 15 is 0 Å². The maximum Gasteiger partial charge on any atom is 0.248 e. The number of hydrogen-bond acceptors (Lipinski definition) is 6. The number of carbonyl (C=O) groups is 2. The third kappa shape index (κ3) is 6.91. The summed E-state index contributed by atoms with van der Waals surface area (Å²) in [5, 5.41) is 9.44. The highest BCUT2D eigenvalue weighted by Crippen LogP contribution is 2.28. The molecule has 0 aromatic heterocycles. The van der Waals surface area contributed by atoms with E-state index in [9.17, 15) is 23.2 Å². The normalized spacial score (nSPS) is 16.5. The fourth-order valence-electron chi connectivity index (χ4n) is 4.28. The number of sulfonamides is 1. The zero-order valence-electron chi connectivity index (χ0n) is 20.0. The molecule has 2 rings (SSSR count). The average Bonchev–Trinajstić information content (AvgIpc) is 2.83. The lowest BCUT2D eigenvalue weighted by molar-refractivity contribution is -0.146. The lowest BCUT2D eigenvalue weighted by atomic mass is 9.83. The van der Waals surface area contributed by atoms with Gasteiger partial charge in [-0.2, -0.15) is 4.31 Å². The van der Waals surface area contributed by atoms with E-state index < -0.39 is 27.8 Å². The second-order valence-corrected chi connectivity index (χ2v) is 10.8. The van der Waals surface area contributed by atoms with E-state index in [1.165, 1.54) is 23.5 Å². The van der Waals surface area contributed by atoms with Crippen molar-refractivity contribution in [2.24, 2.45) is 17.8 Å². The van der Waals surface area contributed by atoms with Gasteiger partial charge in [0.1, 0.15) is 5.75 Å². The van der Waals surface area contributed by atoms with Gasteiger partial charge in [0.2, 0.25) is 21.8 Å². The lowest BCUT2D eigenvalue weighted by Gasteiger charge is -2.35. The van der Waals surface area contributed by atoms with Crippen LogP contribution in [0, 0.1) is 17.8 Å². The van der Waals surface area contributed by atoms with Crippen LogP contribution in [0.15, 0.2) is 29.2 Å². The summed E-state index contributed by atoms with van der Waals surface area (Å²) in [5.41, 5.74) is 1.66. The molecular weight excluding hydrogens is 446 g/mol. The van der Waals surface area contributed by atoms with Gasteiger partial charge in [0.05, 0.1) is 23.8 Å². The maximum atomic E-state index is 13.4. The molecule has 0 spiro atoms. The quantitative estimate of drug-likeness (QED) is 0.369.